The number of fused-ring (bicyclic) bond motifs is 1. The number of carbonyl (C=O) groups excluding carboxylic acids is 2. The van der Waals surface area contributed by atoms with Crippen molar-refractivity contribution in [3.8, 4) is 23.0 Å². The third-order valence-electron chi connectivity index (χ3n) is 4.23. The number of hydrogen-bond acceptors (Lipinski definition) is 7. The van der Waals surface area contributed by atoms with Gasteiger partial charge in [-0.3, -0.25) is 4.79 Å². The lowest BCUT2D eigenvalue weighted by molar-refractivity contribution is -0.124. The van der Waals surface area contributed by atoms with Gasteiger partial charge in [-0.2, -0.15) is 0 Å². The molecule has 1 heterocycles. The van der Waals surface area contributed by atoms with E-state index in [9.17, 15) is 9.59 Å². The summed E-state index contributed by atoms with van der Waals surface area (Å²) in [5, 5.41) is 2.78. The lowest BCUT2D eigenvalue weighted by Crippen LogP contribution is -2.31. The van der Waals surface area contributed by atoms with E-state index in [-0.39, 0.29) is 24.1 Å². The van der Waals surface area contributed by atoms with E-state index in [0.29, 0.717) is 17.2 Å². The van der Waals surface area contributed by atoms with Gasteiger partial charge >= 0.3 is 5.97 Å². The van der Waals surface area contributed by atoms with Crippen LogP contribution in [0, 0.1) is 0 Å². The minimum Gasteiger partial charge on any atom is -0.493 e. The molecule has 148 valence electrons. The molecule has 0 bridgehead atoms. The number of esters is 1. The van der Waals surface area contributed by atoms with Crippen molar-refractivity contribution >= 4 is 11.9 Å². The molecular formula is C20H21NO7. The zero-order chi connectivity index (χ0) is 20.1. The fourth-order valence-electron chi connectivity index (χ4n) is 2.81. The van der Waals surface area contributed by atoms with Gasteiger partial charge < -0.3 is 29.0 Å². The van der Waals surface area contributed by atoms with Gasteiger partial charge in [0.15, 0.2) is 29.6 Å². The predicted molar refractivity (Wildman–Crippen MR) is 99.0 cm³/mol. The molecule has 1 aliphatic heterocycles. The standard InChI is InChI=1S/C20H21NO7/c1-12(13-7-8-15-17(9-13)28-11-27-15)21-18(22)10-26-20(23)14-5-4-6-16(24-2)19(14)25-3/h4-9,12H,10-11H2,1-3H3,(H,21,22)/t12-/m0/s1. The van der Waals surface area contributed by atoms with Crippen molar-refractivity contribution in [2.75, 3.05) is 27.6 Å². The summed E-state index contributed by atoms with van der Waals surface area (Å²) in [5.41, 5.74) is 1.02. The molecule has 0 spiro atoms. The largest absolute Gasteiger partial charge is 0.493 e. The van der Waals surface area contributed by atoms with Crippen LogP contribution in [0.25, 0.3) is 0 Å². The Morgan fingerprint density at radius 3 is 2.64 bits per heavy atom. The minimum absolute atomic E-state index is 0.179. The van der Waals surface area contributed by atoms with Crippen molar-refractivity contribution in [3.05, 3.63) is 47.5 Å². The van der Waals surface area contributed by atoms with E-state index in [0.717, 1.165) is 5.56 Å². The number of nitrogens with one attached hydrogen (secondary N) is 1. The Morgan fingerprint density at radius 1 is 1.11 bits per heavy atom. The van der Waals surface area contributed by atoms with Gasteiger partial charge in [0.2, 0.25) is 6.79 Å². The zero-order valence-electron chi connectivity index (χ0n) is 15.8. The summed E-state index contributed by atoms with van der Waals surface area (Å²) in [4.78, 5) is 24.5. The first-order valence-corrected chi connectivity index (χ1v) is 8.60. The second-order valence-electron chi connectivity index (χ2n) is 6.02. The smallest absolute Gasteiger partial charge is 0.342 e. The molecule has 1 N–H and O–H groups in total. The van der Waals surface area contributed by atoms with Gasteiger partial charge in [-0.25, -0.2) is 4.79 Å². The highest BCUT2D eigenvalue weighted by Crippen LogP contribution is 2.34. The van der Waals surface area contributed by atoms with Crippen molar-refractivity contribution in [1.82, 2.24) is 5.32 Å². The van der Waals surface area contributed by atoms with Gasteiger partial charge in [0.1, 0.15) is 5.56 Å². The van der Waals surface area contributed by atoms with Crippen LogP contribution in [0.3, 0.4) is 0 Å². The van der Waals surface area contributed by atoms with Crippen molar-refractivity contribution in [3.63, 3.8) is 0 Å². The first-order chi connectivity index (χ1) is 13.5. The van der Waals surface area contributed by atoms with Crippen LogP contribution in [-0.4, -0.2) is 39.5 Å². The molecule has 1 atom stereocenters. The number of rotatable bonds is 7. The van der Waals surface area contributed by atoms with Gasteiger partial charge in [-0.1, -0.05) is 12.1 Å². The quantitative estimate of drug-likeness (QED) is 0.730. The molecule has 0 fully saturated rings. The maximum atomic E-state index is 12.3. The molecule has 0 radical (unpaired) electrons. The number of amides is 1. The monoisotopic (exact) mass is 387 g/mol. The summed E-state index contributed by atoms with van der Waals surface area (Å²) in [7, 11) is 2.90. The van der Waals surface area contributed by atoms with Gasteiger partial charge in [0.05, 0.1) is 20.3 Å². The normalized spacial score (nSPS) is 12.8. The minimum atomic E-state index is -0.679. The van der Waals surface area contributed by atoms with Gasteiger partial charge in [0.25, 0.3) is 5.91 Å². The fourth-order valence-corrected chi connectivity index (χ4v) is 2.81. The summed E-state index contributed by atoms with van der Waals surface area (Å²) in [6.07, 6.45) is 0. The lowest BCUT2D eigenvalue weighted by atomic mass is 10.1. The molecule has 0 saturated heterocycles. The Kier molecular flexibility index (Phi) is 5.88. The molecule has 1 aliphatic rings. The average Bonchev–Trinajstić information content (AvgIpc) is 3.19. The molecule has 0 aromatic heterocycles. The Labute approximate surface area is 162 Å². The van der Waals surface area contributed by atoms with Gasteiger partial charge in [0, 0.05) is 0 Å². The first kappa shape index (κ1) is 19.3. The molecule has 0 aliphatic carbocycles. The third-order valence-corrected chi connectivity index (χ3v) is 4.23. The summed E-state index contributed by atoms with van der Waals surface area (Å²) in [6.45, 7) is 1.58. The molecule has 8 nitrogen and oxygen atoms in total. The maximum absolute atomic E-state index is 12.3. The van der Waals surface area contributed by atoms with Crippen molar-refractivity contribution in [2.24, 2.45) is 0 Å². The van der Waals surface area contributed by atoms with Gasteiger partial charge in [-0.15, -0.1) is 0 Å². The van der Waals surface area contributed by atoms with Crippen LogP contribution in [-0.2, 0) is 9.53 Å². The summed E-state index contributed by atoms with van der Waals surface area (Å²) in [6, 6.07) is 9.97. The molecule has 0 saturated carbocycles. The van der Waals surface area contributed by atoms with Crippen LogP contribution in [0.2, 0.25) is 0 Å². The highest BCUT2D eigenvalue weighted by Gasteiger charge is 2.20. The van der Waals surface area contributed by atoms with Crippen LogP contribution in [0.5, 0.6) is 23.0 Å². The highest BCUT2D eigenvalue weighted by molar-refractivity contribution is 5.95. The zero-order valence-corrected chi connectivity index (χ0v) is 15.8. The van der Waals surface area contributed by atoms with E-state index in [4.69, 9.17) is 23.7 Å². The van der Waals surface area contributed by atoms with Crippen LogP contribution in [0.15, 0.2) is 36.4 Å². The lowest BCUT2D eigenvalue weighted by Gasteiger charge is -2.15. The number of methoxy groups -OCH3 is 2. The summed E-state index contributed by atoms with van der Waals surface area (Å²) < 4.78 is 26.1. The molecule has 28 heavy (non-hydrogen) atoms. The average molecular weight is 387 g/mol. The highest BCUT2D eigenvalue weighted by atomic mass is 16.7. The third kappa shape index (κ3) is 4.11. The molecular weight excluding hydrogens is 366 g/mol. The second kappa shape index (κ2) is 8.51. The van der Waals surface area contributed by atoms with E-state index in [1.165, 1.54) is 20.3 Å². The first-order valence-electron chi connectivity index (χ1n) is 8.60. The molecule has 2 aromatic carbocycles. The number of hydrogen-bond donors (Lipinski definition) is 1. The molecule has 2 aromatic rings. The van der Waals surface area contributed by atoms with E-state index in [2.05, 4.69) is 5.32 Å². The molecule has 0 unspecified atom stereocenters. The fraction of sp³-hybridized carbons (Fsp3) is 0.300. The van der Waals surface area contributed by atoms with Crippen molar-refractivity contribution in [1.29, 1.82) is 0 Å². The Bertz CT molecular complexity index is 881. The number of para-hydroxylation sites is 1. The second-order valence-corrected chi connectivity index (χ2v) is 6.02. The van der Waals surface area contributed by atoms with Crippen LogP contribution >= 0.6 is 0 Å². The number of carbonyl (C=O) groups is 2. The molecule has 8 heteroatoms. The van der Waals surface area contributed by atoms with E-state index >= 15 is 0 Å². The Balaban J connectivity index is 1.57. The van der Waals surface area contributed by atoms with E-state index in [1.807, 2.05) is 13.0 Å². The molecule has 1 amide bonds. The van der Waals surface area contributed by atoms with E-state index in [1.54, 1.807) is 24.3 Å². The molecule has 3 rings (SSSR count). The summed E-state index contributed by atoms with van der Waals surface area (Å²) >= 11 is 0. The Morgan fingerprint density at radius 2 is 1.89 bits per heavy atom. The Hall–Kier alpha value is -3.42. The van der Waals surface area contributed by atoms with Crippen LogP contribution in [0.1, 0.15) is 28.9 Å². The number of ether oxygens (including phenoxy) is 5. The predicted octanol–water partition coefficient (Wildman–Crippen LogP) is 2.47. The maximum Gasteiger partial charge on any atom is 0.342 e. The number of benzene rings is 2. The van der Waals surface area contributed by atoms with Crippen LogP contribution < -0.4 is 24.3 Å². The van der Waals surface area contributed by atoms with E-state index < -0.39 is 18.5 Å². The van der Waals surface area contributed by atoms with Crippen molar-refractivity contribution in [2.45, 2.75) is 13.0 Å². The van der Waals surface area contributed by atoms with Crippen molar-refractivity contribution < 1.29 is 33.3 Å². The topological polar surface area (TPSA) is 92.3 Å². The van der Waals surface area contributed by atoms with Gasteiger partial charge in [-0.05, 0) is 36.8 Å². The SMILES string of the molecule is COc1cccc(C(=O)OCC(=O)N[C@@H](C)c2ccc3c(c2)OCO3)c1OC. The van der Waals surface area contributed by atoms with Crippen LogP contribution in [0.4, 0.5) is 0 Å². The summed E-state index contributed by atoms with van der Waals surface area (Å²) in [5.74, 6) is 0.850.